The van der Waals surface area contributed by atoms with Gasteiger partial charge in [-0.05, 0) is 64.4 Å². The van der Waals surface area contributed by atoms with Gasteiger partial charge in [-0.3, -0.25) is 0 Å². The fourth-order valence-electron chi connectivity index (χ4n) is 3.20. The van der Waals surface area contributed by atoms with Gasteiger partial charge < -0.3 is 14.0 Å². The van der Waals surface area contributed by atoms with Crippen LogP contribution in [0.15, 0.2) is 41.9 Å². The summed E-state index contributed by atoms with van der Waals surface area (Å²) in [6, 6.07) is 10.4. The van der Waals surface area contributed by atoms with Crippen LogP contribution in [-0.4, -0.2) is 24.4 Å². The van der Waals surface area contributed by atoms with Crippen LogP contribution in [0.3, 0.4) is 0 Å². The highest BCUT2D eigenvalue weighted by Crippen LogP contribution is 2.40. The molecule has 24 heavy (non-hydrogen) atoms. The number of rotatable bonds is 4. The number of hydrogen-bond donors (Lipinski definition) is 0. The van der Waals surface area contributed by atoms with E-state index in [1.54, 1.807) is 0 Å². The van der Waals surface area contributed by atoms with E-state index in [2.05, 4.69) is 58.0 Å². The lowest BCUT2D eigenvalue weighted by Crippen LogP contribution is -2.41. The summed E-state index contributed by atoms with van der Waals surface area (Å²) in [5, 5.41) is 0. The molecule has 3 rings (SSSR count). The van der Waals surface area contributed by atoms with Gasteiger partial charge in [0.25, 0.3) is 0 Å². The van der Waals surface area contributed by atoms with Crippen LogP contribution in [-0.2, 0) is 20.7 Å². The zero-order chi connectivity index (χ0) is 17.2. The van der Waals surface area contributed by atoms with Crippen molar-refractivity contribution in [2.24, 2.45) is 0 Å². The average Bonchev–Trinajstić information content (AvgIpc) is 2.71. The standard InChI is InChI=1S/C20H29BO3/c1-19(2)20(3,4)24-21(23-19)17-12-8-9-13-18(14-17)22-15-16-10-6-5-7-11-16/h5-7,10-12,18H,8-9,13-15H2,1-4H3. The van der Waals surface area contributed by atoms with Crippen LogP contribution < -0.4 is 0 Å². The van der Waals surface area contributed by atoms with Crippen molar-refractivity contribution in [3.05, 3.63) is 47.4 Å². The molecule has 2 aliphatic rings. The highest BCUT2D eigenvalue weighted by atomic mass is 16.7. The topological polar surface area (TPSA) is 27.7 Å². The fourth-order valence-corrected chi connectivity index (χ4v) is 3.20. The number of ether oxygens (including phenoxy) is 1. The van der Waals surface area contributed by atoms with E-state index in [1.165, 1.54) is 11.0 Å². The molecule has 0 saturated carbocycles. The van der Waals surface area contributed by atoms with E-state index in [0.29, 0.717) is 6.61 Å². The van der Waals surface area contributed by atoms with E-state index in [4.69, 9.17) is 14.0 Å². The fraction of sp³-hybridized carbons (Fsp3) is 0.600. The molecule has 1 aromatic carbocycles. The summed E-state index contributed by atoms with van der Waals surface area (Å²) in [6.07, 6.45) is 6.75. The van der Waals surface area contributed by atoms with Gasteiger partial charge in [-0.15, -0.1) is 0 Å². The molecule has 3 nitrogen and oxygen atoms in total. The summed E-state index contributed by atoms with van der Waals surface area (Å²) in [7, 11) is -0.240. The van der Waals surface area contributed by atoms with E-state index in [0.717, 1.165) is 25.7 Å². The Morgan fingerprint density at radius 2 is 1.75 bits per heavy atom. The lowest BCUT2D eigenvalue weighted by Gasteiger charge is -2.32. The average molecular weight is 328 g/mol. The van der Waals surface area contributed by atoms with E-state index in [1.807, 2.05) is 6.07 Å². The molecule has 1 heterocycles. The van der Waals surface area contributed by atoms with Crippen molar-refractivity contribution < 1.29 is 14.0 Å². The Kier molecular flexibility index (Phi) is 5.19. The van der Waals surface area contributed by atoms with E-state index < -0.39 is 0 Å². The third kappa shape index (κ3) is 3.93. The van der Waals surface area contributed by atoms with Crippen LogP contribution in [0.2, 0.25) is 0 Å². The Morgan fingerprint density at radius 1 is 1.08 bits per heavy atom. The molecule has 0 spiro atoms. The van der Waals surface area contributed by atoms with Crippen molar-refractivity contribution in [2.45, 2.75) is 77.3 Å². The van der Waals surface area contributed by atoms with Gasteiger partial charge in [0.1, 0.15) is 0 Å². The largest absolute Gasteiger partial charge is 0.490 e. The number of allylic oxidation sites excluding steroid dienone is 1. The first-order valence-corrected chi connectivity index (χ1v) is 9.07. The van der Waals surface area contributed by atoms with Crippen LogP contribution in [0, 0.1) is 0 Å². The van der Waals surface area contributed by atoms with Gasteiger partial charge in [-0.25, -0.2) is 0 Å². The number of hydrogen-bond acceptors (Lipinski definition) is 3. The van der Waals surface area contributed by atoms with Crippen molar-refractivity contribution >= 4 is 7.12 Å². The van der Waals surface area contributed by atoms with Crippen LogP contribution >= 0.6 is 0 Å². The first kappa shape index (κ1) is 17.7. The molecule has 0 N–H and O–H groups in total. The van der Waals surface area contributed by atoms with Crippen molar-refractivity contribution in [1.29, 1.82) is 0 Å². The molecular formula is C20H29BO3. The smallest absolute Gasteiger partial charge is 0.400 e. The summed E-state index contributed by atoms with van der Waals surface area (Å²) in [5.74, 6) is 0. The molecule has 1 atom stereocenters. The van der Waals surface area contributed by atoms with Crippen molar-refractivity contribution in [3.63, 3.8) is 0 Å². The third-order valence-electron chi connectivity index (χ3n) is 5.48. The lowest BCUT2D eigenvalue weighted by atomic mass is 9.75. The maximum Gasteiger partial charge on any atom is 0.490 e. The second kappa shape index (κ2) is 7.03. The maximum atomic E-state index is 6.22. The molecule has 0 radical (unpaired) electrons. The second-order valence-electron chi connectivity index (χ2n) is 7.92. The molecule has 1 unspecified atom stereocenters. The van der Waals surface area contributed by atoms with Crippen molar-refractivity contribution in [1.82, 2.24) is 0 Å². The molecule has 0 amide bonds. The van der Waals surface area contributed by atoms with Gasteiger partial charge in [-0.1, -0.05) is 36.4 Å². The Hall–Kier alpha value is -1.10. The van der Waals surface area contributed by atoms with Gasteiger partial charge in [0, 0.05) is 0 Å². The van der Waals surface area contributed by atoms with Crippen LogP contribution in [0.25, 0.3) is 0 Å². The molecule has 1 aliphatic heterocycles. The Labute approximate surface area is 146 Å². The summed E-state index contributed by atoms with van der Waals surface area (Å²) >= 11 is 0. The van der Waals surface area contributed by atoms with Crippen LogP contribution in [0.4, 0.5) is 0 Å². The minimum absolute atomic E-state index is 0.234. The first-order valence-electron chi connectivity index (χ1n) is 9.07. The highest BCUT2D eigenvalue weighted by Gasteiger charge is 2.52. The lowest BCUT2D eigenvalue weighted by molar-refractivity contribution is 0.00578. The first-order chi connectivity index (χ1) is 11.4. The molecule has 1 fully saturated rings. The van der Waals surface area contributed by atoms with Gasteiger partial charge in [0.15, 0.2) is 0 Å². The summed E-state index contributed by atoms with van der Waals surface area (Å²) in [6.45, 7) is 9.09. The second-order valence-corrected chi connectivity index (χ2v) is 7.92. The van der Waals surface area contributed by atoms with E-state index in [9.17, 15) is 0 Å². The van der Waals surface area contributed by atoms with Crippen LogP contribution in [0.5, 0.6) is 0 Å². The zero-order valence-corrected chi connectivity index (χ0v) is 15.4. The normalized spacial score (nSPS) is 26.1. The Balaban J connectivity index is 1.62. The minimum Gasteiger partial charge on any atom is -0.400 e. The van der Waals surface area contributed by atoms with Gasteiger partial charge in [0.2, 0.25) is 0 Å². The molecule has 1 aromatic rings. The summed E-state index contributed by atoms with van der Waals surface area (Å²) in [5.41, 5.74) is 1.89. The molecule has 0 bridgehead atoms. The SMILES string of the molecule is CC1(C)OB(C2=CCCCC(OCc3ccccc3)C2)OC1(C)C. The highest BCUT2D eigenvalue weighted by molar-refractivity contribution is 6.54. The summed E-state index contributed by atoms with van der Waals surface area (Å²) < 4.78 is 18.6. The quantitative estimate of drug-likeness (QED) is 0.750. The van der Waals surface area contributed by atoms with E-state index in [-0.39, 0.29) is 24.4 Å². The van der Waals surface area contributed by atoms with Crippen molar-refractivity contribution in [3.8, 4) is 0 Å². The monoisotopic (exact) mass is 328 g/mol. The van der Waals surface area contributed by atoms with Gasteiger partial charge in [-0.2, -0.15) is 0 Å². The molecule has 0 aromatic heterocycles. The third-order valence-corrected chi connectivity index (χ3v) is 5.48. The van der Waals surface area contributed by atoms with Crippen molar-refractivity contribution in [2.75, 3.05) is 0 Å². The van der Waals surface area contributed by atoms with Gasteiger partial charge >= 0.3 is 7.12 Å². The predicted molar refractivity (Wildman–Crippen MR) is 97.7 cm³/mol. The Morgan fingerprint density at radius 3 is 2.42 bits per heavy atom. The molecular weight excluding hydrogens is 299 g/mol. The molecule has 1 aliphatic carbocycles. The zero-order valence-electron chi connectivity index (χ0n) is 15.4. The molecule has 1 saturated heterocycles. The summed E-state index contributed by atoms with van der Waals surface area (Å²) in [4.78, 5) is 0. The van der Waals surface area contributed by atoms with E-state index >= 15 is 0 Å². The number of benzene rings is 1. The Bertz CT molecular complexity index is 564. The maximum absolute atomic E-state index is 6.22. The molecule has 4 heteroatoms. The minimum atomic E-state index is -0.287. The predicted octanol–water partition coefficient (Wildman–Crippen LogP) is 4.70. The van der Waals surface area contributed by atoms with Gasteiger partial charge in [0.05, 0.1) is 23.9 Å². The molecule has 130 valence electrons. The van der Waals surface area contributed by atoms with Crippen LogP contribution in [0.1, 0.15) is 58.9 Å².